The van der Waals surface area contributed by atoms with Gasteiger partial charge < -0.3 is 4.90 Å². The summed E-state index contributed by atoms with van der Waals surface area (Å²) in [5, 5.41) is 8.73. The van der Waals surface area contributed by atoms with Gasteiger partial charge in [-0.2, -0.15) is 0 Å². The Balaban J connectivity index is 1.64. The van der Waals surface area contributed by atoms with Crippen molar-refractivity contribution in [1.29, 1.82) is 0 Å². The van der Waals surface area contributed by atoms with Crippen molar-refractivity contribution in [1.82, 2.24) is 15.3 Å². The lowest BCUT2D eigenvalue weighted by Crippen LogP contribution is -2.59. The molecule has 7 nitrogen and oxygen atoms in total. The monoisotopic (exact) mass is 396 g/mol. The zero-order valence-electron chi connectivity index (χ0n) is 17.1. The van der Waals surface area contributed by atoms with E-state index in [1.807, 2.05) is 54.4 Å². The van der Waals surface area contributed by atoms with Crippen LogP contribution in [-0.2, 0) is 6.54 Å². The molecular formula is C22H28N4O3. The quantitative estimate of drug-likeness (QED) is 0.615. The molecule has 3 amide bonds. The average molecular weight is 396 g/mol. The van der Waals surface area contributed by atoms with E-state index in [0.29, 0.717) is 18.7 Å². The number of nitrogens with one attached hydrogen (secondary N) is 1. The highest BCUT2D eigenvalue weighted by Crippen LogP contribution is 2.22. The number of nitrogens with zero attached hydrogens (tertiary/aromatic N) is 3. The normalized spacial score (nSPS) is 19.7. The maximum absolute atomic E-state index is 13.0. The molecule has 0 aliphatic carbocycles. The maximum Gasteiger partial charge on any atom is 0.324 e. The summed E-state index contributed by atoms with van der Waals surface area (Å²) in [7, 11) is 1.81. The molecule has 1 saturated heterocycles. The van der Waals surface area contributed by atoms with Crippen molar-refractivity contribution < 1.29 is 14.8 Å². The molecule has 7 heteroatoms. The van der Waals surface area contributed by atoms with E-state index in [4.69, 9.17) is 5.21 Å². The van der Waals surface area contributed by atoms with Gasteiger partial charge in [0.05, 0.1) is 0 Å². The van der Waals surface area contributed by atoms with E-state index in [1.54, 1.807) is 22.5 Å². The van der Waals surface area contributed by atoms with Crippen LogP contribution in [0.5, 0.6) is 0 Å². The molecule has 2 unspecified atom stereocenters. The molecule has 1 aliphatic rings. The molecule has 0 bridgehead atoms. The van der Waals surface area contributed by atoms with Crippen LogP contribution < -0.4 is 10.4 Å². The fourth-order valence-electron chi connectivity index (χ4n) is 3.84. The van der Waals surface area contributed by atoms with Gasteiger partial charge in [-0.3, -0.25) is 19.8 Å². The van der Waals surface area contributed by atoms with Crippen LogP contribution in [0.2, 0.25) is 0 Å². The van der Waals surface area contributed by atoms with Crippen LogP contribution in [0.1, 0.15) is 29.8 Å². The number of benzene rings is 2. The first-order valence-corrected chi connectivity index (χ1v) is 9.77. The number of hydrogen-bond donors (Lipinski definition) is 2. The van der Waals surface area contributed by atoms with E-state index in [2.05, 4.69) is 18.7 Å². The second-order valence-electron chi connectivity index (χ2n) is 7.59. The highest BCUT2D eigenvalue weighted by atomic mass is 16.5. The van der Waals surface area contributed by atoms with E-state index in [1.165, 1.54) is 0 Å². The summed E-state index contributed by atoms with van der Waals surface area (Å²) < 4.78 is 0. The Morgan fingerprint density at radius 2 is 1.62 bits per heavy atom. The number of rotatable bonds is 4. The van der Waals surface area contributed by atoms with E-state index >= 15 is 0 Å². The van der Waals surface area contributed by atoms with Gasteiger partial charge in [0, 0.05) is 50.0 Å². The summed E-state index contributed by atoms with van der Waals surface area (Å²) >= 11 is 0. The van der Waals surface area contributed by atoms with Crippen molar-refractivity contribution in [2.45, 2.75) is 32.5 Å². The zero-order valence-corrected chi connectivity index (χ0v) is 17.1. The van der Waals surface area contributed by atoms with Gasteiger partial charge in [0.2, 0.25) is 0 Å². The van der Waals surface area contributed by atoms with Crippen molar-refractivity contribution in [2.75, 3.05) is 25.0 Å². The molecule has 2 aromatic carbocycles. The van der Waals surface area contributed by atoms with Crippen LogP contribution in [0.25, 0.3) is 0 Å². The van der Waals surface area contributed by atoms with Crippen molar-refractivity contribution in [3.05, 3.63) is 65.7 Å². The first kappa shape index (κ1) is 20.8. The molecule has 29 heavy (non-hydrogen) atoms. The van der Waals surface area contributed by atoms with Crippen molar-refractivity contribution >= 4 is 17.6 Å². The molecule has 154 valence electrons. The largest absolute Gasteiger partial charge is 0.324 e. The Hall–Kier alpha value is -2.90. The van der Waals surface area contributed by atoms with Crippen LogP contribution >= 0.6 is 0 Å². The standard InChI is InChI=1S/C22H28N4O3/c1-16-13-25(22(28)24(3)20-7-5-4-6-8-20)14-17(2)26(16)15-18-9-11-19(12-10-18)21(27)23-29/h4-12,16-17,29H,13-15H2,1-3H3,(H,23,27). The Bertz CT molecular complexity index is 829. The van der Waals surface area contributed by atoms with Crippen LogP contribution in [0.15, 0.2) is 54.6 Å². The molecule has 3 rings (SSSR count). The predicted octanol–water partition coefficient (Wildman–Crippen LogP) is 2.96. The molecule has 1 heterocycles. The minimum Gasteiger partial charge on any atom is -0.321 e. The van der Waals surface area contributed by atoms with Crippen molar-refractivity contribution in [3.8, 4) is 0 Å². The van der Waals surface area contributed by atoms with E-state index in [9.17, 15) is 9.59 Å². The number of amides is 3. The fraction of sp³-hybridized carbons (Fsp3) is 0.364. The Morgan fingerprint density at radius 1 is 1.03 bits per heavy atom. The highest BCUT2D eigenvalue weighted by Gasteiger charge is 2.33. The summed E-state index contributed by atoms with van der Waals surface area (Å²) in [5.41, 5.74) is 4.02. The van der Waals surface area contributed by atoms with Gasteiger partial charge in [0.25, 0.3) is 5.91 Å². The molecular weight excluding hydrogens is 368 g/mol. The number of carbonyl (C=O) groups is 2. The fourth-order valence-corrected chi connectivity index (χ4v) is 3.84. The molecule has 1 aliphatic heterocycles. The molecule has 1 fully saturated rings. The number of carbonyl (C=O) groups excluding carboxylic acids is 2. The Morgan fingerprint density at radius 3 is 2.17 bits per heavy atom. The number of hydroxylamine groups is 1. The third-order valence-electron chi connectivity index (χ3n) is 5.49. The zero-order chi connectivity index (χ0) is 21.0. The molecule has 0 radical (unpaired) electrons. The number of anilines is 1. The number of para-hydroxylation sites is 1. The molecule has 0 aromatic heterocycles. The third kappa shape index (κ3) is 4.75. The molecule has 0 saturated carbocycles. The Labute approximate surface area is 171 Å². The van der Waals surface area contributed by atoms with Gasteiger partial charge in [-0.1, -0.05) is 30.3 Å². The van der Waals surface area contributed by atoms with Crippen molar-refractivity contribution in [3.63, 3.8) is 0 Å². The molecule has 2 N–H and O–H groups in total. The maximum atomic E-state index is 13.0. The Kier molecular flexibility index (Phi) is 6.51. The number of hydrogen-bond acceptors (Lipinski definition) is 4. The lowest BCUT2D eigenvalue weighted by Gasteiger charge is -2.45. The lowest BCUT2D eigenvalue weighted by atomic mass is 10.1. The minimum absolute atomic E-state index is 0.00826. The summed E-state index contributed by atoms with van der Waals surface area (Å²) in [4.78, 5) is 30.4. The second kappa shape index (κ2) is 9.07. The van der Waals surface area contributed by atoms with Gasteiger partial charge in [-0.25, -0.2) is 10.3 Å². The number of urea groups is 1. The number of piperazine rings is 1. The van der Waals surface area contributed by atoms with E-state index in [-0.39, 0.29) is 18.1 Å². The first-order chi connectivity index (χ1) is 13.9. The summed E-state index contributed by atoms with van der Waals surface area (Å²) in [6, 6.07) is 17.3. The van der Waals surface area contributed by atoms with Gasteiger partial charge >= 0.3 is 6.03 Å². The summed E-state index contributed by atoms with van der Waals surface area (Å²) in [5.74, 6) is -0.520. The van der Waals surface area contributed by atoms with Crippen LogP contribution in [0.3, 0.4) is 0 Å². The summed E-state index contributed by atoms with van der Waals surface area (Å²) in [6.07, 6.45) is 0. The highest BCUT2D eigenvalue weighted by molar-refractivity contribution is 5.93. The van der Waals surface area contributed by atoms with Crippen LogP contribution in [-0.4, -0.2) is 59.2 Å². The van der Waals surface area contributed by atoms with Gasteiger partial charge in [0.1, 0.15) is 0 Å². The average Bonchev–Trinajstić information content (AvgIpc) is 2.75. The second-order valence-corrected chi connectivity index (χ2v) is 7.59. The van der Waals surface area contributed by atoms with Gasteiger partial charge in [-0.05, 0) is 43.7 Å². The smallest absolute Gasteiger partial charge is 0.321 e. The molecule has 2 atom stereocenters. The van der Waals surface area contributed by atoms with Crippen molar-refractivity contribution in [2.24, 2.45) is 0 Å². The van der Waals surface area contributed by atoms with Gasteiger partial charge in [-0.15, -0.1) is 0 Å². The van der Waals surface area contributed by atoms with E-state index in [0.717, 1.165) is 17.8 Å². The SMILES string of the molecule is CC1CN(C(=O)N(C)c2ccccc2)CC(C)N1Cc1ccc(C(=O)NO)cc1. The third-order valence-corrected chi connectivity index (χ3v) is 5.49. The first-order valence-electron chi connectivity index (χ1n) is 9.77. The molecule has 2 aromatic rings. The molecule has 0 spiro atoms. The van der Waals surface area contributed by atoms with Crippen LogP contribution in [0, 0.1) is 0 Å². The van der Waals surface area contributed by atoms with Crippen LogP contribution in [0.4, 0.5) is 10.5 Å². The lowest BCUT2D eigenvalue weighted by molar-refractivity contribution is 0.0512. The summed E-state index contributed by atoms with van der Waals surface area (Å²) in [6.45, 7) is 6.31. The predicted molar refractivity (Wildman–Crippen MR) is 112 cm³/mol. The topological polar surface area (TPSA) is 76.1 Å². The van der Waals surface area contributed by atoms with Gasteiger partial charge in [0.15, 0.2) is 0 Å². The minimum atomic E-state index is -0.520. The van der Waals surface area contributed by atoms with E-state index < -0.39 is 5.91 Å².